The van der Waals surface area contributed by atoms with E-state index in [2.05, 4.69) is 4.98 Å². The number of hydrogen-bond donors (Lipinski definition) is 1. The number of Topliss-reactive ketones (excluding diaryl/α,β-unsaturated/α-hetero) is 1. The van der Waals surface area contributed by atoms with Crippen LogP contribution >= 0.6 is 0 Å². The second-order valence-corrected chi connectivity index (χ2v) is 10.5. The van der Waals surface area contributed by atoms with Crippen molar-refractivity contribution >= 4 is 11.7 Å². The zero-order chi connectivity index (χ0) is 28.6. The molecule has 2 aromatic carbocycles. The highest BCUT2D eigenvalue weighted by molar-refractivity contribution is 6.12. The Morgan fingerprint density at radius 3 is 2.37 bits per heavy atom. The number of ketones is 1. The normalized spacial score (nSPS) is 23.6. The quantitative estimate of drug-likeness (QED) is 0.242. The fraction of sp³-hybridized carbons (Fsp3) is 0.273. The van der Waals surface area contributed by atoms with Crippen LogP contribution in [-0.2, 0) is 10.3 Å². The van der Waals surface area contributed by atoms with Crippen molar-refractivity contribution in [1.82, 2.24) is 14.9 Å². The lowest BCUT2D eigenvalue weighted by molar-refractivity contribution is -0.147. The number of ether oxygens (including phenoxy) is 2. The number of amides is 1. The topological polar surface area (TPSA) is 102 Å². The number of methoxy groups -OCH3 is 2. The maximum atomic E-state index is 14.7. The van der Waals surface area contributed by atoms with Gasteiger partial charge in [0.25, 0.3) is 0 Å². The Balaban J connectivity index is 1.56. The summed E-state index contributed by atoms with van der Waals surface area (Å²) in [6.07, 6.45) is 4.78. The first-order valence-electron chi connectivity index (χ1n) is 13.7. The average Bonchev–Trinajstić information content (AvgIpc) is 3.38. The third kappa shape index (κ3) is 4.22. The minimum Gasteiger partial charge on any atom is -0.507 e. The molecular weight excluding hydrogens is 518 g/mol. The van der Waals surface area contributed by atoms with E-state index in [0.29, 0.717) is 30.8 Å². The summed E-state index contributed by atoms with van der Waals surface area (Å²) in [4.78, 5) is 39.7. The maximum absolute atomic E-state index is 14.7. The number of carbonyl (C=O) groups is 2. The van der Waals surface area contributed by atoms with Crippen LogP contribution in [0.2, 0.25) is 0 Å². The lowest BCUT2D eigenvalue weighted by atomic mass is 9.70. The molecule has 0 radical (unpaired) electrons. The summed E-state index contributed by atoms with van der Waals surface area (Å²) in [7, 11) is 3.22. The molecular formula is C33H31N3O5. The molecule has 1 N–H and O–H groups in total. The van der Waals surface area contributed by atoms with E-state index in [1.165, 1.54) is 6.07 Å². The van der Waals surface area contributed by atoms with Gasteiger partial charge in [0.05, 0.1) is 42.8 Å². The maximum Gasteiger partial charge on any atom is 0.234 e. The number of pyridine rings is 2. The molecule has 8 nitrogen and oxygen atoms in total. The number of benzene rings is 2. The zero-order valence-electron chi connectivity index (χ0n) is 22.9. The third-order valence-corrected chi connectivity index (χ3v) is 8.56. The summed E-state index contributed by atoms with van der Waals surface area (Å²) in [5, 5.41) is 10.5. The van der Waals surface area contributed by atoms with E-state index in [9.17, 15) is 14.7 Å². The molecule has 4 aromatic rings. The first-order valence-corrected chi connectivity index (χ1v) is 13.7. The van der Waals surface area contributed by atoms with Gasteiger partial charge in [0.15, 0.2) is 17.3 Å². The molecule has 0 spiro atoms. The summed E-state index contributed by atoms with van der Waals surface area (Å²) in [6.45, 7) is 0. The molecule has 2 aliphatic heterocycles. The Labute approximate surface area is 238 Å². The van der Waals surface area contributed by atoms with Crippen LogP contribution in [0.25, 0.3) is 0 Å². The lowest BCUT2D eigenvalue weighted by Crippen LogP contribution is -2.56. The second-order valence-electron chi connectivity index (χ2n) is 10.5. The largest absolute Gasteiger partial charge is 0.507 e. The minimum absolute atomic E-state index is 0.131. The molecule has 2 fully saturated rings. The van der Waals surface area contributed by atoms with Crippen molar-refractivity contribution in [1.29, 1.82) is 0 Å². The summed E-state index contributed by atoms with van der Waals surface area (Å²) in [6, 6.07) is 23.1. The highest BCUT2D eigenvalue weighted by Gasteiger charge is 2.62. The summed E-state index contributed by atoms with van der Waals surface area (Å²) >= 11 is 0. The molecule has 41 heavy (non-hydrogen) atoms. The Hall–Kier alpha value is -4.72. The molecule has 0 bridgehead atoms. The van der Waals surface area contributed by atoms with E-state index in [0.717, 1.165) is 17.0 Å². The van der Waals surface area contributed by atoms with Crippen LogP contribution in [-0.4, -0.2) is 45.9 Å². The molecule has 2 aromatic heterocycles. The molecule has 4 atom stereocenters. The number of aromatic nitrogens is 2. The fourth-order valence-electron chi connectivity index (χ4n) is 6.83. The van der Waals surface area contributed by atoms with Gasteiger partial charge in [-0.3, -0.25) is 19.6 Å². The fourth-order valence-corrected chi connectivity index (χ4v) is 6.83. The average molecular weight is 550 g/mol. The highest BCUT2D eigenvalue weighted by atomic mass is 16.5. The molecule has 6 rings (SSSR count). The standard InChI is InChI=1S/C33H31N3O5/c1-40-28-14-9-11-21(31(28)41-2)24-20-26(25-12-5-7-18-34-25)36-32(39)23(30(38)22-10-3-4-13-27(22)37)16-17-33(24,36)29-15-6-8-19-35-29/h3-15,18-19,23-24,26,37H,16-17,20H2,1-2H3/t23-,24+,26-,33+/m0/s1. The van der Waals surface area contributed by atoms with E-state index in [-0.39, 0.29) is 28.9 Å². The Morgan fingerprint density at radius 2 is 1.68 bits per heavy atom. The zero-order valence-corrected chi connectivity index (χ0v) is 22.9. The summed E-state index contributed by atoms with van der Waals surface area (Å²) in [5.74, 6) is -0.786. The number of phenolic OH excluding ortho intramolecular Hbond substituents is 1. The van der Waals surface area contributed by atoms with E-state index < -0.39 is 17.5 Å². The van der Waals surface area contributed by atoms with E-state index in [1.807, 2.05) is 59.5 Å². The molecule has 0 unspecified atom stereocenters. The van der Waals surface area contributed by atoms with Crippen LogP contribution in [0.15, 0.2) is 91.3 Å². The van der Waals surface area contributed by atoms with E-state index in [1.54, 1.807) is 44.8 Å². The lowest BCUT2D eigenvalue weighted by Gasteiger charge is -2.48. The van der Waals surface area contributed by atoms with Gasteiger partial charge < -0.3 is 19.5 Å². The van der Waals surface area contributed by atoms with Crippen molar-refractivity contribution < 1.29 is 24.2 Å². The third-order valence-electron chi connectivity index (χ3n) is 8.56. The van der Waals surface area contributed by atoms with Gasteiger partial charge in [-0.15, -0.1) is 0 Å². The van der Waals surface area contributed by atoms with Crippen molar-refractivity contribution in [3.05, 3.63) is 114 Å². The van der Waals surface area contributed by atoms with Crippen LogP contribution in [0.3, 0.4) is 0 Å². The number of phenols is 1. The monoisotopic (exact) mass is 549 g/mol. The number of rotatable bonds is 7. The first-order chi connectivity index (χ1) is 20.0. The molecule has 0 aliphatic carbocycles. The Bertz CT molecular complexity index is 1580. The van der Waals surface area contributed by atoms with Gasteiger partial charge in [-0.1, -0.05) is 36.4 Å². The second kappa shape index (κ2) is 10.7. The van der Waals surface area contributed by atoms with Crippen LogP contribution in [0.5, 0.6) is 17.2 Å². The molecule has 208 valence electrons. The van der Waals surface area contributed by atoms with Crippen molar-refractivity contribution in [2.24, 2.45) is 5.92 Å². The van der Waals surface area contributed by atoms with Crippen molar-refractivity contribution in [3.63, 3.8) is 0 Å². The van der Waals surface area contributed by atoms with Crippen LogP contribution in [0, 0.1) is 5.92 Å². The van der Waals surface area contributed by atoms with Gasteiger partial charge in [0, 0.05) is 23.9 Å². The van der Waals surface area contributed by atoms with E-state index in [4.69, 9.17) is 14.5 Å². The predicted octanol–water partition coefficient (Wildman–Crippen LogP) is 5.45. The van der Waals surface area contributed by atoms with Crippen molar-refractivity contribution in [3.8, 4) is 17.2 Å². The van der Waals surface area contributed by atoms with Gasteiger partial charge in [-0.2, -0.15) is 0 Å². The smallest absolute Gasteiger partial charge is 0.234 e. The summed E-state index contributed by atoms with van der Waals surface area (Å²) in [5.41, 5.74) is 1.65. The Kier molecular flexibility index (Phi) is 6.91. The van der Waals surface area contributed by atoms with Gasteiger partial charge in [0.1, 0.15) is 11.7 Å². The van der Waals surface area contributed by atoms with E-state index >= 15 is 0 Å². The van der Waals surface area contributed by atoms with Crippen LogP contribution in [0.1, 0.15) is 58.5 Å². The van der Waals surface area contributed by atoms with Gasteiger partial charge in [-0.05, 0) is 61.7 Å². The molecule has 1 amide bonds. The molecule has 8 heteroatoms. The summed E-state index contributed by atoms with van der Waals surface area (Å²) < 4.78 is 11.5. The molecule has 4 heterocycles. The highest BCUT2D eigenvalue weighted by Crippen LogP contribution is 2.62. The van der Waals surface area contributed by atoms with Crippen molar-refractivity contribution in [2.75, 3.05) is 14.2 Å². The minimum atomic E-state index is -0.947. The van der Waals surface area contributed by atoms with Crippen LogP contribution < -0.4 is 9.47 Å². The number of hydrogen-bond acceptors (Lipinski definition) is 7. The van der Waals surface area contributed by atoms with Gasteiger partial charge in [-0.25, -0.2) is 0 Å². The molecule has 0 saturated carbocycles. The van der Waals surface area contributed by atoms with Crippen LogP contribution in [0.4, 0.5) is 0 Å². The number of nitrogens with zero attached hydrogens (tertiary/aromatic N) is 3. The van der Waals surface area contributed by atoms with Gasteiger partial charge in [0.2, 0.25) is 5.91 Å². The van der Waals surface area contributed by atoms with Crippen molar-refractivity contribution in [2.45, 2.75) is 36.8 Å². The Morgan fingerprint density at radius 1 is 0.927 bits per heavy atom. The number of para-hydroxylation sites is 2. The predicted molar refractivity (Wildman–Crippen MR) is 152 cm³/mol. The SMILES string of the molecule is COc1cccc([C@H]2C[C@@H](c3ccccn3)N3C(=O)[C@H](C(=O)c4ccccc4O)CC[C@]23c2ccccn2)c1OC. The number of piperidine rings is 1. The number of aromatic hydroxyl groups is 1. The van der Waals surface area contributed by atoms with Gasteiger partial charge >= 0.3 is 0 Å². The number of carbonyl (C=O) groups excluding carboxylic acids is 2. The molecule has 2 aliphatic rings. The number of fused-ring (bicyclic) bond motifs is 1. The molecule has 2 saturated heterocycles. The first kappa shape index (κ1) is 26.5.